The third-order valence-electron chi connectivity index (χ3n) is 2.42. The van der Waals surface area contributed by atoms with Gasteiger partial charge in [-0.25, -0.2) is 9.59 Å². The first-order valence-corrected chi connectivity index (χ1v) is 7.19. The Labute approximate surface area is 140 Å². The summed E-state index contributed by atoms with van der Waals surface area (Å²) in [6.07, 6.45) is 0. The molecule has 2 aromatic carbocycles. The summed E-state index contributed by atoms with van der Waals surface area (Å²) in [4.78, 5) is 30.7. The first-order chi connectivity index (χ1) is 11.3. The summed E-state index contributed by atoms with van der Waals surface area (Å²) < 4.78 is 0. The zero-order valence-electron chi connectivity index (χ0n) is 13.8. The van der Waals surface area contributed by atoms with E-state index in [0.29, 0.717) is 11.1 Å². The highest BCUT2D eigenvalue weighted by Gasteiger charge is 2.14. The molecule has 0 spiro atoms. The van der Waals surface area contributed by atoms with Crippen molar-refractivity contribution in [1.82, 2.24) is 0 Å². The van der Waals surface area contributed by atoms with Crippen molar-refractivity contribution in [3.8, 4) is 0 Å². The molecule has 0 atom stereocenters. The van der Waals surface area contributed by atoms with Crippen LogP contribution in [0.1, 0.15) is 41.5 Å². The van der Waals surface area contributed by atoms with Crippen LogP contribution < -0.4 is 0 Å². The molecule has 1 N–H and O–H groups in total. The molecule has 128 valence electrons. The van der Waals surface area contributed by atoms with E-state index in [9.17, 15) is 9.59 Å². The molecule has 0 saturated heterocycles. The number of rotatable bonds is 4. The topological polar surface area (TPSA) is 82.1 Å². The molecule has 0 aliphatic heterocycles. The average Bonchev–Trinajstić information content (AvgIpc) is 2.56. The Morgan fingerprint density at radius 3 is 1.67 bits per heavy atom. The molecule has 0 radical (unpaired) electrons. The highest BCUT2D eigenvalue weighted by Crippen LogP contribution is 2.08. The van der Waals surface area contributed by atoms with Gasteiger partial charge in [0.1, 0.15) is 0 Å². The second-order valence-electron chi connectivity index (χ2n) is 5.67. The van der Waals surface area contributed by atoms with Crippen molar-refractivity contribution in [3.05, 3.63) is 71.8 Å². The van der Waals surface area contributed by atoms with E-state index in [2.05, 4.69) is 9.93 Å². The molecule has 0 fully saturated rings. The number of carboxylic acid groups (broad SMARTS) is 1. The average molecular weight is 332 g/mol. The summed E-state index contributed by atoms with van der Waals surface area (Å²) in [5, 5.41) is 12.7. The van der Waals surface area contributed by atoms with Crippen LogP contribution in [0.2, 0.25) is 0 Å². The number of hydrogen-bond acceptors (Lipinski definition) is 5. The minimum absolute atomic E-state index is 0.331. The molecule has 0 saturated carbocycles. The molecule has 0 aromatic heterocycles. The van der Waals surface area contributed by atoms with Crippen molar-refractivity contribution in [2.24, 2.45) is 0 Å². The molecule has 0 aliphatic rings. The van der Waals surface area contributed by atoms with Gasteiger partial charge in [0, 0.05) is 0 Å². The maximum Gasteiger partial charge on any atom is 0.376 e. The Morgan fingerprint density at radius 2 is 1.29 bits per heavy atom. The fourth-order valence-corrected chi connectivity index (χ4v) is 1.35. The SMILES string of the molecule is CC(C)(C)OOOC(=O)c1ccccc1.O=C(O)c1ccccc1. The van der Waals surface area contributed by atoms with Crippen LogP contribution in [0.3, 0.4) is 0 Å². The van der Waals surface area contributed by atoms with Crippen LogP contribution in [-0.2, 0) is 14.8 Å². The lowest BCUT2D eigenvalue weighted by Gasteiger charge is -2.15. The highest BCUT2D eigenvalue weighted by atomic mass is 17.5. The quantitative estimate of drug-likeness (QED) is 0.675. The van der Waals surface area contributed by atoms with Crippen LogP contribution >= 0.6 is 0 Å². The van der Waals surface area contributed by atoms with Crippen molar-refractivity contribution >= 4 is 11.9 Å². The molecule has 0 amide bonds. The molecule has 24 heavy (non-hydrogen) atoms. The fourth-order valence-electron chi connectivity index (χ4n) is 1.35. The van der Waals surface area contributed by atoms with Crippen molar-refractivity contribution in [2.75, 3.05) is 0 Å². The van der Waals surface area contributed by atoms with E-state index in [1.807, 2.05) is 6.07 Å². The largest absolute Gasteiger partial charge is 0.478 e. The van der Waals surface area contributed by atoms with E-state index in [0.717, 1.165) is 0 Å². The van der Waals surface area contributed by atoms with Crippen molar-refractivity contribution in [2.45, 2.75) is 26.4 Å². The summed E-state index contributed by atoms with van der Waals surface area (Å²) in [6.45, 7) is 5.34. The van der Waals surface area contributed by atoms with Crippen molar-refractivity contribution in [3.63, 3.8) is 0 Å². The Bertz CT molecular complexity index is 632. The fraction of sp³-hybridized carbons (Fsp3) is 0.222. The van der Waals surface area contributed by atoms with E-state index in [1.165, 1.54) is 0 Å². The van der Waals surface area contributed by atoms with E-state index in [-0.39, 0.29) is 0 Å². The van der Waals surface area contributed by atoms with E-state index in [1.54, 1.807) is 75.4 Å². The highest BCUT2D eigenvalue weighted by molar-refractivity contribution is 5.88. The van der Waals surface area contributed by atoms with Crippen molar-refractivity contribution < 1.29 is 29.5 Å². The van der Waals surface area contributed by atoms with E-state index < -0.39 is 17.5 Å². The lowest BCUT2D eigenvalue weighted by molar-refractivity contribution is -0.510. The van der Waals surface area contributed by atoms with Gasteiger partial charge < -0.3 is 5.11 Å². The molecule has 0 bridgehead atoms. The summed E-state index contributed by atoms with van der Waals surface area (Å²) >= 11 is 0. The zero-order chi connectivity index (χ0) is 18.0. The first-order valence-electron chi connectivity index (χ1n) is 7.19. The van der Waals surface area contributed by atoms with Gasteiger partial charge in [-0.2, -0.15) is 4.89 Å². The second kappa shape index (κ2) is 9.44. The summed E-state index contributed by atoms with van der Waals surface area (Å²) in [7, 11) is 0. The lowest BCUT2D eigenvalue weighted by Crippen LogP contribution is -2.20. The minimum atomic E-state index is -0.879. The van der Waals surface area contributed by atoms with E-state index in [4.69, 9.17) is 9.99 Å². The predicted molar refractivity (Wildman–Crippen MR) is 87.2 cm³/mol. The molecule has 2 aromatic rings. The molecule has 0 unspecified atom stereocenters. The van der Waals surface area contributed by atoms with Gasteiger partial charge in [0.25, 0.3) is 0 Å². The van der Waals surface area contributed by atoms with Gasteiger partial charge in [0.15, 0.2) is 0 Å². The standard InChI is InChI=1S/C11H14O4.C7H6O2/c1-11(2,3)14-15-13-10(12)9-7-5-4-6-8-9;8-7(9)6-4-2-1-3-5-6/h4-8H,1-3H3;1-5H,(H,8,9). The first kappa shape index (κ1) is 19.3. The second-order valence-corrected chi connectivity index (χ2v) is 5.67. The molecule has 6 nitrogen and oxygen atoms in total. The van der Waals surface area contributed by atoms with Gasteiger partial charge in [-0.15, -0.1) is 0 Å². The van der Waals surface area contributed by atoms with Crippen molar-refractivity contribution in [1.29, 1.82) is 0 Å². The van der Waals surface area contributed by atoms with Gasteiger partial charge in [-0.1, -0.05) is 36.4 Å². The normalized spacial score (nSPS) is 10.3. The minimum Gasteiger partial charge on any atom is -0.478 e. The Kier molecular flexibility index (Phi) is 7.61. The Balaban J connectivity index is 0.000000272. The smallest absolute Gasteiger partial charge is 0.376 e. The summed E-state index contributed by atoms with van der Waals surface area (Å²) in [5.74, 6) is -1.46. The van der Waals surface area contributed by atoms with Crippen LogP contribution in [-0.4, -0.2) is 22.6 Å². The van der Waals surface area contributed by atoms with Crippen LogP contribution in [0.25, 0.3) is 0 Å². The van der Waals surface area contributed by atoms with Crippen LogP contribution in [0.4, 0.5) is 0 Å². The molecular weight excluding hydrogens is 312 g/mol. The maximum absolute atomic E-state index is 11.3. The third kappa shape index (κ3) is 8.07. The van der Waals surface area contributed by atoms with Gasteiger partial charge in [0.05, 0.1) is 16.7 Å². The maximum atomic E-state index is 11.3. The van der Waals surface area contributed by atoms with E-state index >= 15 is 0 Å². The van der Waals surface area contributed by atoms with Crippen LogP contribution in [0.5, 0.6) is 0 Å². The Hall–Kier alpha value is -2.70. The van der Waals surface area contributed by atoms with Crippen LogP contribution in [0, 0.1) is 0 Å². The number of carbonyl (C=O) groups is 2. The molecule has 6 heteroatoms. The van der Waals surface area contributed by atoms with Gasteiger partial charge >= 0.3 is 11.9 Å². The molecule has 0 aliphatic carbocycles. The predicted octanol–water partition coefficient (Wildman–Crippen LogP) is 3.89. The lowest BCUT2D eigenvalue weighted by atomic mass is 10.2. The van der Waals surface area contributed by atoms with Gasteiger partial charge in [-0.05, 0) is 50.1 Å². The number of hydrogen-bond donors (Lipinski definition) is 1. The molecule has 0 heterocycles. The molecule has 2 rings (SSSR count). The molecular formula is C18H20O6. The number of carbonyl (C=O) groups excluding carboxylic acids is 1. The third-order valence-corrected chi connectivity index (χ3v) is 2.42. The van der Waals surface area contributed by atoms with Gasteiger partial charge in [0.2, 0.25) is 0 Å². The summed E-state index contributed by atoms with van der Waals surface area (Å²) in [6, 6.07) is 16.8. The number of carboxylic acids is 1. The monoisotopic (exact) mass is 332 g/mol. The number of benzene rings is 2. The van der Waals surface area contributed by atoms with Crippen LogP contribution in [0.15, 0.2) is 60.7 Å². The summed E-state index contributed by atoms with van der Waals surface area (Å²) in [5.41, 5.74) is 0.226. The Morgan fingerprint density at radius 1 is 0.833 bits per heavy atom. The number of aromatic carboxylic acids is 1. The van der Waals surface area contributed by atoms with Gasteiger partial charge in [-0.3, -0.25) is 4.89 Å². The zero-order valence-corrected chi connectivity index (χ0v) is 13.8.